The highest BCUT2D eigenvalue weighted by Crippen LogP contribution is 2.29. The van der Waals surface area contributed by atoms with Gasteiger partial charge in [0.1, 0.15) is 5.82 Å². The molecule has 1 atom stereocenters. The van der Waals surface area contributed by atoms with Crippen LogP contribution in [0.2, 0.25) is 0 Å². The Morgan fingerprint density at radius 1 is 1.05 bits per heavy atom. The maximum atomic E-state index is 13.1. The van der Waals surface area contributed by atoms with Crippen molar-refractivity contribution in [2.75, 3.05) is 18.8 Å². The zero-order valence-corrected chi connectivity index (χ0v) is 21.3. The van der Waals surface area contributed by atoms with E-state index in [0.29, 0.717) is 35.5 Å². The van der Waals surface area contributed by atoms with Crippen LogP contribution in [0, 0.1) is 0 Å². The van der Waals surface area contributed by atoms with Gasteiger partial charge in [0, 0.05) is 60.1 Å². The molecule has 1 aliphatic heterocycles. The van der Waals surface area contributed by atoms with Gasteiger partial charge in [-0.3, -0.25) is 19.1 Å². The summed E-state index contributed by atoms with van der Waals surface area (Å²) >= 11 is 1.44. The number of nitrogens with two attached hydrogens (primary N) is 1. The largest absolute Gasteiger partial charge is 0.383 e. The Morgan fingerprint density at radius 3 is 2.51 bits per heavy atom. The molecule has 1 fully saturated rings. The number of aryl methyl sites for hydroxylation is 1. The Morgan fingerprint density at radius 2 is 1.84 bits per heavy atom. The molecule has 188 valence electrons. The van der Waals surface area contributed by atoms with Gasteiger partial charge in [-0.1, -0.05) is 12.1 Å². The number of rotatable bonds is 6. The van der Waals surface area contributed by atoms with Crippen molar-refractivity contribution in [3.05, 3.63) is 77.1 Å². The quantitative estimate of drug-likeness (QED) is 0.379. The van der Waals surface area contributed by atoms with Crippen molar-refractivity contribution in [1.29, 1.82) is 0 Å². The van der Waals surface area contributed by atoms with Crippen LogP contribution in [0.5, 0.6) is 0 Å². The molecular weight excluding hydrogens is 488 g/mol. The molecule has 5 rings (SSSR count). The molecule has 0 aliphatic carbocycles. The number of nitrogens with one attached hydrogen (secondary N) is 1. The lowest BCUT2D eigenvalue weighted by atomic mass is 10.1. The second-order valence-electron chi connectivity index (χ2n) is 9.07. The highest BCUT2D eigenvalue weighted by molar-refractivity contribution is 7.17. The van der Waals surface area contributed by atoms with E-state index in [4.69, 9.17) is 5.73 Å². The van der Waals surface area contributed by atoms with Gasteiger partial charge < -0.3 is 16.0 Å². The van der Waals surface area contributed by atoms with Crippen LogP contribution in [0.3, 0.4) is 0 Å². The number of pyridine rings is 1. The van der Waals surface area contributed by atoms with Gasteiger partial charge >= 0.3 is 0 Å². The maximum absolute atomic E-state index is 13.1. The van der Waals surface area contributed by atoms with Crippen LogP contribution >= 0.6 is 11.3 Å². The molecule has 0 unspecified atom stereocenters. The highest BCUT2D eigenvalue weighted by Gasteiger charge is 2.29. The lowest BCUT2D eigenvalue weighted by Gasteiger charge is -2.18. The van der Waals surface area contributed by atoms with Gasteiger partial charge in [0.05, 0.1) is 16.6 Å². The zero-order valence-electron chi connectivity index (χ0n) is 20.5. The smallest absolute Gasteiger partial charge is 0.255 e. The number of nitrogen functional groups attached to an aromatic ring is 1. The van der Waals surface area contributed by atoms with Gasteiger partial charge in [-0.15, -0.1) is 11.3 Å². The summed E-state index contributed by atoms with van der Waals surface area (Å²) in [7, 11) is 1.82. The lowest BCUT2D eigenvalue weighted by Crippen LogP contribution is -2.38. The monoisotopic (exact) mass is 514 g/mol. The first-order valence-electron chi connectivity index (χ1n) is 11.8. The van der Waals surface area contributed by atoms with Crippen molar-refractivity contribution in [3.63, 3.8) is 0 Å². The van der Waals surface area contributed by atoms with Crippen LogP contribution in [0.15, 0.2) is 61.1 Å². The molecular formula is C27H26N6O3S. The number of benzene rings is 1. The standard InChI is InChI=1S/C27H26N6O3S/c1-16(34)23-7-8-24(37-23)17-3-5-18(6-4-17)27(36)33-10-9-21(15-33)31-26(35)22-11-19(12-29-25(22)28)20-13-30-32(2)14-20/h3-8,11-14,21H,9-10,15H2,1-2H3,(H2,28,29)(H,31,35)/t21-/m1/s1. The SMILES string of the molecule is CC(=O)c1ccc(-c2ccc(C(=O)N3CC[C@@H](NC(=O)c4cc(-c5cnn(C)c5)cnc4N)C3)cc2)s1. The number of thiophene rings is 1. The number of hydrogen-bond acceptors (Lipinski definition) is 7. The number of carbonyl (C=O) groups excluding carboxylic acids is 3. The first-order chi connectivity index (χ1) is 17.8. The van der Waals surface area contributed by atoms with Gasteiger partial charge in [-0.05, 0) is 49.2 Å². The molecule has 1 aliphatic rings. The molecule has 4 aromatic rings. The molecule has 0 spiro atoms. The van der Waals surface area contributed by atoms with Crippen LogP contribution in [-0.4, -0.2) is 56.4 Å². The first-order valence-corrected chi connectivity index (χ1v) is 12.7. The van der Waals surface area contributed by atoms with E-state index in [2.05, 4.69) is 15.4 Å². The fourth-order valence-electron chi connectivity index (χ4n) is 4.35. The molecule has 1 saturated heterocycles. The normalized spacial score (nSPS) is 15.1. The number of hydrogen-bond donors (Lipinski definition) is 2. The summed E-state index contributed by atoms with van der Waals surface area (Å²) in [6.45, 7) is 2.51. The molecule has 3 N–H and O–H groups in total. The van der Waals surface area contributed by atoms with E-state index in [0.717, 1.165) is 21.6 Å². The predicted molar refractivity (Wildman–Crippen MR) is 142 cm³/mol. The Labute approximate surface area is 217 Å². The Bertz CT molecular complexity index is 1490. The summed E-state index contributed by atoms with van der Waals surface area (Å²) in [6, 6.07) is 12.6. The fourth-order valence-corrected chi connectivity index (χ4v) is 5.26. The molecule has 0 saturated carbocycles. The second-order valence-corrected chi connectivity index (χ2v) is 10.2. The van der Waals surface area contributed by atoms with Gasteiger partial charge in [-0.25, -0.2) is 4.98 Å². The van der Waals surface area contributed by atoms with Crippen molar-refractivity contribution in [3.8, 4) is 21.6 Å². The van der Waals surface area contributed by atoms with Crippen molar-refractivity contribution in [1.82, 2.24) is 25.0 Å². The average molecular weight is 515 g/mol. The summed E-state index contributed by atoms with van der Waals surface area (Å²) in [4.78, 5) is 45.3. The van der Waals surface area contributed by atoms with Crippen molar-refractivity contribution < 1.29 is 14.4 Å². The molecule has 4 heterocycles. The molecule has 9 nitrogen and oxygen atoms in total. The van der Waals surface area contributed by atoms with Crippen LogP contribution < -0.4 is 11.1 Å². The molecule has 0 radical (unpaired) electrons. The number of anilines is 1. The molecule has 1 aromatic carbocycles. The number of amides is 2. The van der Waals surface area contributed by atoms with Crippen LogP contribution in [-0.2, 0) is 7.05 Å². The molecule has 0 bridgehead atoms. The van der Waals surface area contributed by atoms with Crippen LogP contribution in [0.4, 0.5) is 5.82 Å². The Balaban J connectivity index is 1.22. The minimum absolute atomic E-state index is 0.0406. The van der Waals surface area contributed by atoms with E-state index >= 15 is 0 Å². The Kier molecular flexibility index (Phi) is 6.58. The molecule has 10 heteroatoms. The third-order valence-electron chi connectivity index (χ3n) is 6.38. The third kappa shape index (κ3) is 5.14. The Hall–Kier alpha value is -4.31. The van der Waals surface area contributed by atoms with E-state index < -0.39 is 0 Å². The predicted octanol–water partition coefficient (Wildman–Crippen LogP) is 3.64. The second kappa shape index (κ2) is 9.98. The van der Waals surface area contributed by atoms with E-state index in [-0.39, 0.29) is 29.5 Å². The van der Waals surface area contributed by atoms with Gasteiger partial charge in [0.2, 0.25) is 0 Å². The zero-order chi connectivity index (χ0) is 26.1. The number of Topliss-reactive ketones (excluding diaryl/α,β-unsaturated/α-hetero) is 1. The van der Waals surface area contributed by atoms with Crippen molar-refractivity contribution >= 4 is 34.8 Å². The lowest BCUT2D eigenvalue weighted by molar-refractivity contribution is 0.0783. The van der Waals surface area contributed by atoms with Gasteiger partial charge in [-0.2, -0.15) is 5.10 Å². The van der Waals surface area contributed by atoms with Gasteiger partial charge in [0.25, 0.3) is 11.8 Å². The summed E-state index contributed by atoms with van der Waals surface area (Å²) < 4.78 is 1.68. The van der Waals surface area contributed by atoms with Crippen molar-refractivity contribution in [2.24, 2.45) is 7.05 Å². The average Bonchev–Trinajstić information content (AvgIpc) is 3.65. The first kappa shape index (κ1) is 24.4. The number of ketones is 1. The van der Waals surface area contributed by atoms with E-state index in [1.165, 1.54) is 11.3 Å². The van der Waals surface area contributed by atoms with E-state index in [1.807, 2.05) is 37.5 Å². The van der Waals surface area contributed by atoms with E-state index in [1.54, 1.807) is 47.1 Å². The number of aromatic nitrogens is 3. The van der Waals surface area contributed by atoms with Gasteiger partial charge in [0.15, 0.2) is 5.78 Å². The minimum Gasteiger partial charge on any atom is -0.383 e. The van der Waals surface area contributed by atoms with Crippen molar-refractivity contribution in [2.45, 2.75) is 19.4 Å². The number of carbonyl (C=O) groups is 3. The van der Waals surface area contributed by atoms with E-state index in [9.17, 15) is 14.4 Å². The summed E-state index contributed by atoms with van der Waals surface area (Å²) in [5.74, 6) is -0.213. The molecule has 2 amide bonds. The summed E-state index contributed by atoms with van der Waals surface area (Å²) in [5, 5.41) is 7.16. The fraction of sp³-hybridized carbons (Fsp3) is 0.222. The molecule has 37 heavy (non-hydrogen) atoms. The number of likely N-dealkylation sites (tertiary alicyclic amines) is 1. The van der Waals surface area contributed by atoms with Crippen LogP contribution in [0.1, 0.15) is 43.7 Å². The summed E-state index contributed by atoms with van der Waals surface area (Å²) in [6.07, 6.45) is 5.80. The highest BCUT2D eigenvalue weighted by atomic mass is 32.1. The van der Waals surface area contributed by atoms with Crippen LogP contribution in [0.25, 0.3) is 21.6 Å². The minimum atomic E-state index is -0.319. The topological polar surface area (TPSA) is 123 Å². The third-order valence-corrected chi connectivity index (χ3v) is 7.62. The summed E-state index contributed by atoms with van der Waals surface area (Å²) in [5.41, 5.74) is 9.42. The maximum Gasteiger partial charge on any atom is 0.255 e. The molecule has 3 aromatic heterocycles. The number of nitrogens with zero attached hydrogens (tertiary/aromatic N) is 4.